The molecule has 0 aliphatic rings. The molecule has 0 spiro atoms. The van der Waals surface area contributed by atoms with Crippen LogP contribution in [0.25, 0.3) is 0 Å². The number of rotatable bonds is 7. The predicted molar refractivity (Wildman–Crippen MR) is 75.1 cm³/mol. The Morgan fingerprint density at radius 3 is 2.89 bits per heavy atom. The molecule has 1 aromatic heterocycles. The van der Waals surface area contributed by atoms with Crippen molar-refractivity contribution in [2.75, 3.05) is 32.2 Å². The van der Waals surface area contributed by atoms with Crippen molar-refractivity contribution in [1.82, 2.24) is 10.4 Å². The minimum absolute atomic E-state index is 0.488. The Labute approximate surface area is 113 Å². The number of hydrogen-bond donors (Lipinski definition) is 3. The van der Waals surface area contributed by atoms with E-state index in [1.54, 1.807) is 19.4 Å². The number of hydrazine groups is 1. The second-order valence-electron chi connectivity index (χ2n) is 3.66. The van der Waals surface area contributed by atoms with Gasteiger partial charge >= 0.3 is 0 Å². The molecule has 4 N–H and O–H groups in total. The normalized spacial score (nSPS) is 11.2. The summed E-state index contributed by atoms with van der Waals surface area (Å²) in [6, 6.07) is 3.63. The fourth-order valence-corrected chi connectivity index (χ4v) is 1.35. The van der Waals surface area contributed by atoms with E-state index in [1.807, 2.05) is 13.0 Å². The number of hydrogen-bond acceptors (Lipinski definition) is 5. The fourth-order valence-electron chi connectivity index (χ4n) is 1.35. The maximum Gasteiger partial charge on any atom is 0.213 e. The number of pyridine rings is 1. The second kappa shape index (κ2) is 9.12. The van der Waals surface area contributed by atoms with Gasteiger partial charge in [-0.1, -0.05) is 0 Å². The van der Waals surface area contributed by atoms with E-state index < -0.39 is 0 Å². The summed E-state index contributed by atoms with van der Waals surface area (Å²) in [6.07, 6.45) is 2.50. The van der Waals surface area contributed by atoms with Crippen LogP contribution in [0.3, 0.4) is 0 Å². The van der Waals surface area contributed by atoms with E-state index in [1.165, 1.54) is 0 Å². The molecule has 0 saturated heterocycles. The van der Waals surface area contributed by atoms with Crippen molar-refractivity contribution in [2.24, 2.45) is 10.8 Å². The lowest BCUT2D eigenvalue weighted by Crippen LogP contribution is -2.36. The van der Waals surface area contributed by atoms with Gasteiger partial charge in [-0.05, 0) is 19.4 Å². The molecule has 0 fully saturated rings. The van der Waals surface area contributed by atoms with Gasteiger partial charge in [-0.25, -0.2) is 10.8 Å². The highest BCUT2D eigenvalue weighted by Gasteiger charge is 1.99. The number of guanidine groups is 1. The molecule has 0 aromatic carbocycles. The van der Waals surface area contributed by atoms with Crippen LogP contribution in [-0.4, -0.2) is 37.8 Å². The van der Waals surface area contributed by atoms with Crippen molar-refractivity contribution < 1.29 is 9.47 Å². The molecule has 19 heavy (non-hydrogen) atoms. The van der Waals surface area contributed by atoms with Gasteiger partial charge in [0.2, 0.25) is 11.8 Å². The first-order chi connectivity index (χ1) is 9.30. The molecule has 0 aliphatic carbocycles. The molecule has 0 saturated carbocycles. The van der Waals surface area contributed by atoms with Crippen molar-refractivity contribution in [3.05, 3.63) is 18.3 Å². The summed E-state index contributed by atoms with van der Waals surface area (Å²) in [7, 11) is 1.66. The highest BCUT2D eigenvalue weighted by molar-refractivity contribution is 5.93. The van der Waals surface area contributed by atoms with Crippen molar-refractivity contribution in [3.63, 3.8) is 0 Å². The molecular formula is C12H21N5O2. The summed E-state index contributed by atoms with van der Waals surface area (Å²) in [6.45, 7) is 3.81. The molecule has 1 heterocycles. The minimum Gasteiger partial charge on any atom is -0.478 e. The topological polar surface area (TPSA) is 93.8 Å². The molecule has 0 unspecified atom stereocenters. The molecule has 7 heteroatoms. The lowest BCUT2D eigenvalue weighted by atomic mass is 10.4. The molecule has 0 amide bonds. The summed E-state index contributed by atoms with van der Waals surface area (Å²) in [5, 5.41) is 3.03. The zero-order valence-electron chi connectivity index (χ0n) is 11.3. The van der Waals surface area contributed by atoms with Gasteiger partial charge in [-0.15, -0.1) is 0 Å². The minimum atomic E-state index is 0.488. The zero-order valence-corrected chi connectivity index (χ0v) is 11.3. The summed E-state index contributed by atoms with van der Waals surface area (Å²) in [5.74, 6) is 6.47. The van der Waals surface area contributed by atoms with E-state index in [2.05, 4.69) is 20.7 Å². The molecule has 0 aliphatic heterocycles. The molecule has 0 radical (unpaired) electrons. The Balaban J connectivity index is 2.50. The quantitative estimate of drug-likeness (QED) is 0.222. The van der Waals surface area contributed by atoms with Crippen LogP contribution in [0.4, 0.5) is 5.69 Å². The molecule has 0 bridgehead atoms. The van der Waals surface area contributed by atoms with Crippen LogP contribution in [0.2, 0.25) is 0 Å². The SMILES string of the molecule is CCOc1ccc(NC(=NCCCOC)NN)cn1. The summed E-state index contributed by atoms with van der Waals surface area (Å²) < 4.78 is 10.2. The van der Waals surface area contributed by atoms with E-state index in [9.17, 15) is 0 Å². The third kappa shape index (κ3) is 6.03. The van der Waals surface area contributed by atoms with Gasteiger partial charge in [0.05, 0.1) is 18.5 Å². The first-order valence-electron chi connectivity index (χ1n) is 6.16. The fraction of sp³-hybridized carbons (Fsp3) is 0.500. The van der Waals surface area contributed by atoms with Crippen LogP contribution < -0.4 is 21.3 Å². The molecule has 1 aromatic rings. The lowest BCUT2D eigenvalue weighted by Gasteiger charge is -2.09. The first-order valence-corrected chi connectivity index (χ1v) is 6.16. The first kappa shape index (κ1) is 15.2. The number of nitrogens with zero attached hydrogens (tertiary/aromatic N) is 2. The smallest absolute Gasteiger partial charge is 0.213 e. The number of nitrogens with one attached hydrogen (secondary N) is 2. The monoisotopic (exact) mass is 267 g/mol. The lowest BCUT2D eigenvalue weighted by molar-refractivity contribution is 0.197. The van der Waals surface area contributed by atoms with Gasteiger partial charge in [0.25, 0.3) is 0 Å². The Morgan fingerprint density at radius 1 is 1.47 bits per heavy atom. The number of aliphatic imine (C=N–C) groups is 1. The van der Waals surface area contributed by atoms with Crippen LogP contribution in [-0.2, 0) is 4.74 Å². The Morgan fingerprint density at radius 2 is 2.32 bits per heavy atom. The number of aromatic nitrogens is 1. The second-order valence-corrected chi connectivity index (χ2v) is 3.66. The van der Waals surface area contributed by atoms with Crippen LogP contribution in [0, 0.1) is 0 Å². The highest BCUT2D eigenvalue weighted by atomic mass is 16.5. The maximum absolute atomic E-state index is 5.39. The standard InChI is InChI=1S/C12H21N5O2/c1-3-19-11-6-5-10(9-15-11)16-12(17-13)14-7-4-8-18-2/h5-6,9H,3-4,7-8,13H2,1-2H3,(H2,14,16,17). The molecule has 1 rings (SSSR count). The van der Waals surface area contributed by atoms with E-state index in [0.29, 0.717) is 31.6 Å². The predicted octanol–water partition coefficient (Wildman–Crippen LogP) is 0.748. The van der Waals surface area contributed by atoms with Crippen molar-refractivity contribution in [3.8, 4) is 5.88 Å². The van der Waals surface area contributed by atoms with Crippen molar-refractivity contribution in [1.29, 1.82) is 0 Å². The van der Waals surface area contributed by atoms with Crippen molar-refractivity contribution >= 4 is 11.6 Å². The van der Waals surface area contributed by atoms with Crippen LogP contribution in [0.1, 0.15) is 13.3 Å². The number of methoxy groups -OCH3 is 1. The molecular weight excluding hydrogens is 246 g/mol. The van der Waals surface area contributed by atoms with E-state index in [-0.39, 0.29) is 0 Å². The number of ether oxygens (including phenoxy) is 2. The Bertz CT molecular complexity index is 380. The van der Waals surface area contributed by atoms with Crippen LogP contribution in [0.5, 0.6) is 5.88 Å². The average Bonchev–Trinajstić information content (AvgIpc) is 2.44. The Hall–Kier alpha value is -1.86. The van der Waals surface area contributed by atoms with Crippen LogP contribution >= 0.6 is 0 Å². The van der Waals surface area contributed by atoms with Gasteiger partial charge in [-0.2, -0.15) is 0 Å². The summed E-state index contributed by atoms with van der Waals surface area (Å²) >= 11 is 0. The van der Waals surface area contributed by atoms with Gasteiger partial charge in [0.1, 0.15) is 0 Å². The third-order valence-corrected chi connectivity index (χ3v) is 2.20. The summed E-state index contributed by atoms with van der Waals surface area (Å²) in [5.41, 5.74) is 3.29. The summed E-state index contributed by atoms with van der Waals surface area (Å²) in [4.78, 5) is 8.40. The Kier molecular flexibility index (Phi) is 7.30. The van der Waals surface area contributed by atoms with Gasteiger partial charge in [0, 0.05) is 26.3 Å². The zero-order chi connectivity index (χ0) is 13.9. The van der Waals surface area contributed by atoms with Crippen molar-refractivity contribution in [2.45, 2.75) is 13.3 Å². The van der Waals surface area contributed by atoms with E-state index in [4.69, 9.17) is 15.3 Å². The highest BCUT2D eigenvalue weighted by Crippen LogP contribution is 2.11. The largest absolute Gasteiger partial charge is 0.478 e. The molecule has 0 atom stereocenters. The average molecular weight is 267 g/mol. The molecule has 7 nitrogen and oxygen atoms in total. The third-order valence-electron chi connectivity index (χ3n) is 2.20. The molecule has 106 valence electrons. The number of anilines is 1. The van der Waals surface area contributed by atoms with Gasteiger partial charge in [0.15, 0.2) is 0 Å². The van der Waals surface area contributed by atoms with Gasteiger partial charge in [-0.3, -0.25) is 10.4 Å². The van der Waals surface area contributed by atoms with E-state index >= 15 is 0 Å². The maximum atomic E-state index is 5.39. The van der Waals surface area contributed by atoms with Crippen LogP contribution in [0.15, 0.2) is 23.3 Å². The number of nitrogens with two attached hydrogens (primary N) is 1. The van der Waals surface area contributed by atoms with Gasteiger partial charge < -0.3 is 14.8 Å². The van der Waals surface area contributed by atoms with E-state index in [0.717, 1.165) is 12.1 Å².